The van der Waals surface area contributed by atoms with Crippen LogP contribution in [0.15, 0.2) is 36.5 Å². The second-order valence-corrected chi connectivity index (χ2v) is 7.89. The zero-order valence-corrected chi connectivity index (χ0v) is 17.2. The zero-order valence-electron chi connectivity index (χ0n) is 16.4. The average Bonchev–Trinajstić information content (AvgIpc) is 3.41. The Morgan fingerprint density at radius 2 is 1.93 bits per heavy atom. The maximum absolute atomic E-state index is 13.3. The molecule has 2 fully saturated rings. The van der Waals surface area contributed by atoms with E-state index in [1.54, 1.807) is 0 Å². The van der Waals surface area contributed by atoms with Crippen LogP contribution < -0.4 is 5.32 Å². The molecule has 0 bridgehead atoms. The number of aromatic nitrogens is 4. The van der Waals surface area contributed by atoms with Gasteiger partial charge in [0.25, 0.3) is 5.91 Å². The van der Waals surface area contributed by atoms with E-state index in [2.05, 4.69) is 38.8 Å². The van der Waals surface area contributed by atoms with Crippen molar-refractivity contribution < 1.29 is 4.79 Å². The fourth-order valence-electron chi connectivity index (χ4n) is 4.54. The Hall–Kier alpha value is -2.38. The molecule has 8 heteroatoms. The van der Waals surface area contributed by atoms with Crippen LogP contribution in [-0.2, 0) is 0 Å². The third-order valence-electron chi connectivity index (χ3n) is 6.09. The summed E-state index contributed by atoms with van der Waals surface area (Å²) < 4.78 is 1.88. The van der Waals surface area contributed by atoms with Gasteiger partial charge in [-0.05, 0) is 62.7 Å². The number of likely N-dealkylation sites (tertiary alicyclic amines) is 1. The maximum atomic E-state index is 13.3. The topological polar surface area (TPSA) is 78.8 Å². The first kappa shape index (κ1) is 19.9. The van der Waals surface area contributed by atoms with Crippen molar-refractivity contribution in [2.45, 2.75) is 44.2 Å². The number of fused-ring (bicyclic) bond motifs is 1. The minimum absolute atomic E-state index is 0. The fraction of sp³-hybridized carbons (Fsp3) is 0.476. The van der Waals surface area contributed by atoms with Crippen LogP contribution in [0.5, 0.6) is 0 Å². The molecule has 1 unspecified atom stereocenters. The minimum atomic E-state index is -0.0106. The van der Waals surface area contributed by atoms with Crippen molar-refractivity contribution in [2.24, 2.45) is 0 Å². The molecule has 2 aliphatic rings. The Bertz CT molecular complexity index is 943. The molecule has 0 saturated carbocycles. The second-order valence-electron chi connectivity index (χ2n) is 7.89. The van der Waals surface area contributed by atoms with Gasteiger partial charge in [-0.25, -0.2) is 4.68 Å². The monoisotopic (exact) mass is 414 g/mol. The largest absolute Gasteiger partial charge is 0.357 e. The molecule has 2 saturated heterocycles. The van der Waals surface area contributed by atoms with Crippen LogP contribution in [0.4, 0.5) is 0 Å². The van der Waals surface area contributed by atoms with E-state index >= 15 is 0 Å². The lowest BCUT2D eigenvalue weighted by Gasteiger charge is -2.34. The Morgan fingerprint density at radius 1 is 1.10 bits per heavy atom. The summed E-state index contributed by atoms with van der Waals surface area (Å²) in [4.78, 5) is 18.8. The molecule has 5 rings (SSSR count). The van der Waals surface area contributed by atoms with Gasteiger partial charge in [0.05, 0.1) is 18.3 Å². The third kappa shape index (κ3) is 3.89. The summed E-state index contributed by atoms with van der Waals surface area (Å²) in [5, 5.41) is 13.0. The Kier molecular flexibility index (Phi) is 5.87. The number of nitrogens with one attached hydrogen (secondary N) is 2. The van der Waals surface area contributed by atoms with Gasteiger partial charge in [0.15, 0.2) is 5.69 Å². The summed E-state index contributed by atoms with van der Waals surface area (Å²) in [6, 6.07) is 10.8. The first-order chi connectivity index (χ1) is 13.8. The van der Waals surface area contributed by atoms with Gasteiger partial charge < -0.3 is 15.2 Å². The Morgan fingerprint density at radius 3 is 2.76 bits per heavy atom. The number of hydrogen-bond acceptors (Lipinski definition) is 4. The van der Waals surface area contributed by atoms with Crippen LogP contribution in [0, 0.1) is 0 Å². The second kappa shape index (κ2) is 8.55. The van der Waals surface area contributed by atoms with E-state index in [0.717, 1.165) is 62.9 Å². The number of rotatable bonds is 3. The van der Waals surface area contributed by atoms with Gasteiger partial charge >= 0.3 is 0 Å². The molecule has 0 radical (unpaired) electrons. The molecule has 2 aromatic heterocycles. The Balaban J connectivity index is 0.00000205. The summed E-state index contributed by atoms with van der Waals surface area (Å²) in [7, 11) is 0. The summed E-state index contributed by atoms with van der Waals surface area (Å²) in [6.07, 6.45) is 7.03. The molecule has 3 aromatic rings. The lowest BCUT2D eigenvalue weighted by atomic mass is 9.99. The van der Waals surface area contributed by atoms with E-state index in [1.165, 1.54) is 5.39 Å². The highest BCUT2D eigenvalue weighted by atomic mass is 35.5. The lowest BCUT2D eigenvalue weighted by molar-refractivity contribution is 0.0600. The van der Waals surface area contributed by atoms with Crippen molar-refractivity contribution in [2.75, 3.05) is 19.6 Å². The molecule has 1 atom stereocenters. The predicted octanol–water partition coefficient (Wildman–Crippen LogP) is 3.47. The SMILES string of the molecule is Cl.O=C(c1cn(C2CCNCC2)nn1)N1CCCCC1c1cc2ccccc2[nH]1. The van der Waals surface area contributed by atoms with Crippen molar-refractivity contribution in [3.8, 4) is 0 Å². The van der Waals surface area contributed by atoms with Crippen molar-refractivity contribution in [3.63, 3.8) is 0 Å². The van der Waals surface area contributed by atoms with Gasteiger partial charge in [-0.15, -0.1) is 17.5 Å². The van der Waals surface area contributed by atoms with E-state index in [4.69, 9.17) is 0 Å². The van der Waals surface area contributed by atoms with Gasteiger partial charge in [-0.2, -0.15) is 0 Å². The number of carbonyl (C=O) groups is 1. The highest BCUT2D eigenvalue weighted by Crippen LogP contribution is 2.33. The first-order valence-corrected chi connectivity index (χ1v) is 10.3. The van der Waals surface area contributed by atoms with Crippen LogP contribution in [0.25, 0.3) is 10.9 Å². The van der Waals surface area contributed by atoms with Crippen LogP contribution in [0.1, 0.15) is 60.4 Å². The number of carbonyl (C=O) groups excluding carboxylic acids is 1. The maximum Gasteiger partial charge on any atom is 0.276 e. The summed E-state index contributed by atoms with van der Waals surface area (Å²) in [5.74, 6) is -0.0106. The predicted molar refractivity (Wildman–Crippen MR) is 114 cm³/mol. The number of halogens is 1. The van der Waals surface area contributed by atoms with E-state index in [1.807, 2.05) is 27.9 Å². The number of amides is 1. The molecule has 0 aliphatic carbocycles. The molecular weight excluding hydrogens is 388 g/mol. The Labute approximate surface area is 176 Å². The van der Waals surface area contributed by atoms with Crippen LogP contribution >= 0.6 is 12.4 Å². The number of aromatic amines is 1. The van der Waals surface area contributed by atoms with Gasteiger partial charge in [0.1, 0.15) is 0 Å². The smallest absolute Gasteiger partial charge is 0.276 e. The molecule has 1 amide bonds. The van der Waals surface area contributed by atoms with Crippen LogP contribution in [-0.4, -0.2) is 50.4 Å². The van der Waals surface area contributed by atoms with Crippen molar-refractivity contribution in [3.05, 3.63) is 47.9 Å². The number of piperidine rings is 2. The van der Waals surface area contributed by atoms with Crippen LogP contribution in [0.2, 0.25) is 0 Å². The number of nitrogens with zero attached hydrogens (tertiary/aromatic N) is 4. The van der Waals surface area contributed by atoms with Gasteiger partial charge in [0, 0.05) is 17.8 Å². The number of hydrogen-bond donors (Lipinski definition) is 2. The van der Waals surface area contributed by atoms with Gasteiger partial charge in [-0.1, -0.05) is 23.4 Å². The molecule has 2 N–H and O–H groups in total. The highest BCUT2D eigenvalue weighted by Gasteiger charge is 2.31. The van der Waals surface area contributed by atoms with E-state index in [0.29, 0.717) is 11.7 Å². The van der Waals surface area contributed by atoms with E-state index in [-0.39, 0.29) is 24.4 Å². The van der Waals surface area contributed by atoms with Gasteiger partial charge in [0.2, 0.25) is 0 Å². The lowest BCUT2D eigenvalue weighted by Crippen LogP contribution is -2.38. The number of benzene rings is 1. The zero-order chi connectivity index (χ0) is 18.9. The normalized spacial score (nSPS) is 20.6. The summed E-state index contributed by atoms with van der Waals surface area (Å²) in [5.41, 5.74) is 2.69. The van der Waals surface area contributed by atoms with Gasteiger partial charge in [-0.3, -0.25) is 4.79 Å². The van der Waals surface area contributed by atoms with Crippen molar-refractivity contribution in [1.29, 1.82) is 0 Å². The molecule has 29 heavy (non-hydrogen) atoms. The molecular formula is C21H27ClN6O. The average molecular weight is 415 g/mol. The highest BCUT2D eigenvalue weighted by molar-refractivity contribution is 5.92. The molecule has 0 spiro atoms. The number of para-hydroxylation sites is 1. The molecule has 7 nitrogen and oxygen atoms in total. The number of H-pyrrole nitrogens is 1. The standard InChI is InChI=1S/C21H26N6O.ClH/c28-21(19-14-27(25-24-19)16-8-10-22-11-9-16)26-12-4-3-7-20(26)18-13-15-5-1-2-6-17(15)23-18;/h1-2,5-6,13-14,16,20,22-23H,3-4,7-12H2;1H. The van der Waals surface area contributed by atoms with Crippen LogP contribution in [0.3, 0.4) is 0 Å². The molecule has 4 heterocycles. The van der Waals surface area contributed by atoms with Crippen molar-refractivity contribution >= 4 is 29.2 Å². The summed E-state index contributed by atoms with van der Waals surface area (Å²) >= 11 is 0. The van der Waals surface area contributed by atoms with Crippen molar-refractivity contribution in [1.82, 2.24) is 30.2 Å². The quantitative estimate of drug-likeness (QED) is 0.687. The molecule has 154 valence electrons. The fourth-order valence-corrected chi connectivity index (χ4v) is 4.54. The van der Waals surface area contributed by atoms with E-state index in [9.17, 15) is 4.79 Å². The first-order valence-electron chi connectivity index (χ1n) is 10.3. The molecule has 2 aliphatic heterocycles. The minimum Gasteiger partial charge on any atom is -0.357 e. The molecule has 1 aromatic carbocycles. The summed E-state index contributed by atoms with van der Waals surface area (Å²) in [6.45, 7) is 2.74. The van der Waals surface area contributed by atoms with E-state index < -0.39 is 0 Å². The third-order valence-corrected chi connectivity index (χ3v) is 6.09.